The Morgan fingerprint density at radius 2 is 1.29 bits per heavy atom. The van der Waals surface area contributed by atoms with E-state index in [0.29, 0.717) is 5.02 Å². The number of methoxy groups -OCH3 is 1. The zero-order chi connectivity index (χ0) is 21.2. The third-order valence-corrected chi connectivity index (χ3v) is 5.68. The highest BCUT2D eigenvalue weighted by atomic mass is 35.5. The molecule has 0 fully saturated rings. The SMILES string of the molecule is COc1cc(-c2ccc(Cl)cc2)nc2c(-c3ccccc3)cc(-c3ccccc3)cc12. The standard InChI is InChI=1S/C28H20ClNO/c1-31-27-18-26(21-12-14-23(29)15-13-21)30-28-24(20-10-6-3-7-11-20)16-22(17-25(27)28)19-8-4-2-5-9-19/h2-18H,1H3. The van der Waals surface area contributed by atoms with Crippen molar-refractivity contribution in [2.75, 3.05) is 7.11 Å². The number of nitrogens with zero attached hydrogens (tertiary/aromatic N) is 1. The van der Waals surface area contributed by atoms with Gasteiger partial charge in [0.25, 0.3) is 0 Å². The van der Waals surface area contributed by atoms with E-state index in [1.165, 1.54) is 0 Å². The molecule has 4 aromatic carbocycles. The van der Waals surface area contributed by atoms with Gasteiger partial charge in [-0.3, -0.25) is 0 Å². The second-order valence-electron chi connectivity index (χ2n) is 7.37. The lowest BCUT2D eigenvalue weighted by Crippen LogP contribution is -1.94. The maximum absolute atomic E-state index is 6.09. The molecule has 31 heavy (non-hydrogen) atoms. The van der Waals surface area contributed by atoms with Gasteiger partial charge >= 0.3 is 0 Å². The van der Waals surface area contributed by atoms with Gasteiger partial charge in [0.1, 0.15) is 5.75 Å². The number of fused-ring (bicyclic) bond motifs is 1. The Labute approximate surface area is 186 Å². The molecule has 0 saturated heterocycles. The van der Waals surface area contributed by atoms with Crippen molar-refractivity contribution in [3.05, 3.63) is 108 Å². The molecule has 0 amide bonds. The summed E-state index contributed by atoms with van der Waals surface area (Å²) in [7, 11) is 1.71. The normalized spacial score (nSPS) is 10.9. The van der Waals surface area contributed by atoms with Crippen LogP contribution < -0.4 is 4.74 Å². The van der Waals surface area contributed by atoms with Crippen molar-refractivity contribution in [2.45, 2.75) is 0 Å². The van der Waals surface area contributed by atoms with Crippen LogP contribution in [0.2, 0.25) is 5.02 Å². The Morgan fingerprint density at radius 3 is 1.94 bits per heavy atom. The minimum atomic E-state index is 0.703. The summed E-state index contributed by atoms with van der Waals surface area (Å²) in [4.78, 5) is 5.07. The number of hydrogen-bond acceptors (Lipinski definition) is 2. The van der Waals surface area contributed by atoms with E-state index in [-0.39, 0.29) is 0 Å². The van der Waals surface area contributed by atoms with Crippen molar-refractivity contribution in [3.8, 4) is 39.3 Å². The monoisotopic (exact) mass is 421 g/mol. The van der Waals surface area contributed by atoms with Gasteiger partial charge < -0.3 is 4.74 Å². The van der Waals surface area contributed by atoms with E-state index in [1.54, 1.807) is 7.11 Å². The van der Waals surface area contributed by atoms with E-state index in [0.717, 1.165) is 50.2 Å². The number of rotatable bonds is 4. The Bertz CT molecular complexity index is 1350. The topological polar surface area (TPSA) is 22.1 Å². The van der Waals surface area contributed by atoms with Crippen molar-refractivity contribution in [1.29, 1.82) is 0 Å². The van der Waals surface area contributed by atoms with Gasteiger partial charge in [0.2, 0.25) is 0 Å². The predicted molar refractivity (Wildman–Crippen MR) is 130 cm³/mol. The van der Waals surface area contributed by atoms with Crippen LogP contribution in [0.25, 0.3) is 44.4 Å². The Morgan fingerprint density at radius 1 is 0.645 bits per heavy atom. The molecule has 3 heteroatoms. The van der Waals surface area contributed by atoms with E-state index in [4.69, 9.17) is 21.3 Å². The zero-order valence-corrected chi connectivity index (χ0v) is 17.8. The van der Waals surface area contributed by atoms with Crippen LogP contribution in [0.4, 0.5) is 0 Å². The van der Waals surface area contributed by atoms with Crippen LogP contribution in [0.3, 0.4) is 0 Å². The van der Waals surface area contributed by atoms with Crippen molar-refractivity contribution in [3.63, 3.8) is 0 Å². The third kappa shape index (κ3) is 3.78. The number of aromatic nitrogens is 1. The highest BCUT2D eigenvalue weighted by molar-refractivity contribution is 6.30. The fraction of sp³-hybridized carbons (Fsp3) is 0.0357. The first-order valence-electron chi connectivity index (χ1n) is 10.1. The van der Waals surface area contributed by atoms with E-state index < -0.39 is 0 Å². The van der Waals surface area contributed by atoms with E-state index >= 15 is 0 Å². The molecule has 0 radical (unpaired) electrons. The van der Waals surface area contributed by atoms with Crippen molar-refractivity contribution >= 4 is 22.5 Å². The highest BCUT2D eigenvalue weighted by Crippen LogP contribution is 2.39. The van der Waals surface area contributed by atoms with Crippen LogP contribution in [-0.2, 0) is 0 Å². The van der Waals surface area contributed by atoms with Gasteiger partial charge in [0.15, 0.2) is 0 Å². The van der Waals surface area contributed by atoms with Gasteiger partial charge in [-0.15, -0.1) is 0 Å². The molecular formula is C28H20ClNO. The van der Waals surface area contributed by atoms with Gasteiger partial charge in [0.05, 0.1) is 18.3 Å². The van der Waals surface area contributed by atoms with E-state index in [1.807, 2.05) is 42.5 Å². The lowest BCUT2D eigenvalue weighted by atomic mass is 9.94. The average molecular weight is 422 g/mol. The molecule has 0 atom stereocenters. The van der Waals surface area contributed by atoms with Gasteiger partial charge in [-0.05, 0) is 41.0 Å². The fourth-order valence-corrected chi connectivity index (χ4v) is 4.00. The lowest BCUT2D eigenvalue weighted by molar-refractivity contribution is 0.419. The molecule has 0 saturated carbocycles. The minimum Gasteiger partial charge on any atom is -0.496 e. The molecule has 150 valence electrons. The van der Waals surface area contributed by atoms with Crippen molar-refractivity contribution < 1.29 is 4.74 Å². The Hall–Kier alpha value is -3.62. The Kier molecular flexibility index (Phi) is 5.15. The molecule has 0 aliphatic carbocycles. The second-order valence-corrected chi connectivity index (χ2v) is 7.81. The summed E-state index contributed by atoms with van der Waals surface area (Å²) in [5, 5.41) is 1.69. The third-order valence-electron chi connectivity index (χ3n) is 5.43. The second kappa shape index (κ2) is 8.25. The smallest absolute Gasteiger partial charge is 0.130 e. The molecule has 5 rings (SSSR count). The van der Waals surface area contributed by atoms with Crippen LogP contribution >= 0.6 is 11.6 Å². The van der Waals surface area contributed by atoms with Gasteiger partial charge in [-0.2, -0.15) is 0 Å². The largest absolute Gasteiger partial charge is 0.496 e. The number of benzene rings is 4. The summed E-state index contributed by atoms with van der Waals surface area (Å²) >= 11 is 6.09. The van der Waals surface area contributed by atoms with Crippen LogP contribution in [0.15, 0.2) is 103 Å². The van der Waals surface area contributed by atoms with Crippen LogP contribution in [0, 0.1) is 0 Å². The fourth-order valence-electron chi connectivity index (χ4n) is 3.87. The van der Waals surface area contributed by atoms with E-state index in [9.17, 15) is 0 Å². The van der Waals surface area contributed by atoms with Crippen LogP contribution in [0.1, 0.15) is 0 Å². The summed E-state index contributed by atoms with van der Waals surface area (Å²) in [5.41, 5.74) is 7.24. The maximum Gasteiger partial charge on any atom is 0.130 e. The molecule has 5 aromatic rings. The summed E-state index contributed by atoms with van der Waals surface area (Å²) in [5.74, 6) is 0.796. The number of halogens is 1. The first kappa shape index (κ1) is 19.3. The maximum atomic E-state index is 6.09. The molecule has 0 bridgehead atoms. The summed E-state index contributed by atoms with van der Waals surface area (Å²) in [6.07, 6.45) is 0. The van der Waals surface area contributed by atoms with Gasteiger partial charge in [0, 0.05) is 27.6 Å². The molecule has 2 nitrogen and oxygen atoms in total. The quantitative estimate of drug-likeness (QED) is 0.294. The molecule has 0 N–H and O–H groups in total. The molecular weight excluding hydrogens is 402 g/mol. The molecule has 0 unspecified atom stereocenters. The molecule has 1 aromatic heterocycles. The molecule has 1 heterocycles. The summed E-state index contributed by atoms with van der Waals surface area (Å²) in [6, 6.07) is 34.9. The summed E-state index contributed by atoms with van der Waals surface area (Å²) < 4.78 is 5.83. The number of ether oxygens (including phenoxy) is 1. The minimum absolute atomic E-state index is 0.703. The zero-order valence-electron chi connectivity index (χ0n) is 17.0. The first-order chi connectivity index (χ1) is 15.2. The van der Waals surface area contributed by atoms with Crippen LogP contribution in [0.5, 0.6) is 5.75 Å². The molecule has 0 spiro atoms. The van der Waals surface area contributed by atoms with Crippen molar-refractivity contribution in [1.82, 2.24) is 4.98 Å². The van der Waals surface area contributed by atoms with Crippen LogP contribution in [-0.4, -0.2) is 12.1 Å². The number of pyridine rings is 1. The molecule has 0 aliphatic heterocycles. The van der Waals surface area contributed by atoms with Gasteiger partial charge in [-0.25, -0.2) is 4.98 Å². The average Bonchev–Trinajstić information content (AvgIpc) is 2.84. The first-order valence-corrected chi connectivity index (χ1v) is 10.5. The number of hydrogen-bond donors (Lipinski definition) is 0. The lowest BCUT2D eigenvalue weighted by Gasteiger charge is -2.15. The highest BCUT2D eigenvalue weighted by Gasteiger charge is 2.15. The van der Waals surface area contributed by atoms with Gasteiger partial charge in [-0.1, -0.05) is 84.4 Å². The Balaban J connectivity index is 1.83. The van der Waals surface area contributed by atoms with Crippen molar-refractivity contribution in [2.24, 2.45) is 0 Å². The predicted octanol–water partition coefficient (Wildman–Crippen LogP) is 7.90. The molecule has 0 aliphatic rings. The summed E-state index contributed by atoms with van der Waals surface area (Å²) in [6.45, 7) is 0. The van der Waals surface area contributed by atoms with E-state index in [2.05, 4.69) is 60.7 Å².